The van der Waals surface area contributed by atoms with Crippen LogP contribution in [0, 0.1) is 0 Å². The molecule has 3 nitrogen and oxygen atoms in total. The third kappa shape index (κ3) is 2.86. The number of anilines is 1. The van der Waals surface area contributed by atoms with Crippen LogP contribution >= 0.6 is 15.9 Å². The first-order valence-corrected chi connectivity index (χ1v) is 7.18. The Morgan fingerprint density at radius 3 is 2.83 bits per heavy atom. The predicted octanol–water partition coefficient (Wildman–Crippen LogP) is 3.92. The molecule has 0 bridgehead atoms. The molecule has 1 N–H and O–H groups in total. The molecule has 1 saturated heterocycles. The van der Waals surface area contributed by atoms with Gasteiger partial charge in [0.25, 0.3) is 0 Å². The zero-order valence-electron chi connectivity index (χ0n) is 10.5. The summed E-state index contributed by atoms with van der Waals surface area (Å²) < 4.78 is 0.871. The summed E-state index contributed by atoms with van der Waals surface area (Å²) in [6.07, 6.45) is 4.97. The van der Waals surface area contributed by atoms with Crippen molar-refractivity contribution in [1.29, 1.82) is 0 Å². The number of benzene rings is 1. The van der Waals surface area contributed by atoms with Gasteiger partial charge in [0, 0.05) is 17.1 Å². The number of hydrogen-bond acceptors (Lipinski definition) is 2. The summed E-state index contributed by atoms with van der Waals surface area (Å²) >= 11 is 3.50. The summed E-state index contributed by atoms with van der Waals surface area (Å²) in [5.74, 6) is -0.883. The Bertz CT molecular complexity index is 447. The number of halogens is 1. The highest BCUT2D eigenvalue weighted by Crippen LogP contribution is 2.31. The van der Waals surface area contributed by atoms with Crippen LogP contribution in [0.5, 0.6) is 0 Å². The molecule has 98 valence electrons. The number of nitrogens with zero attached hydrogens (tertiary/aromatic N) is 1. The average Bonchev–Trinajstić information content (AvgIpc) is 2.54. The summed E-state index contributed by atoms with van der Waals surface area (Å²) in [5, 5.41) is 8.97. The maximum absolute atomic E-state index is 10.9. The van der Waals surface area contributed by atoms with Gasteiger partial charge >= 0.3 is 5.97 Å². The molecule has 1 unspecified atom stereocenters. The van der Waals surface area contributed by atoms with Gasteiger partial charge in [-0.25, -0.2) is 4.79 Å². The summed E-state index contributed by atoms with van der Waals surface area (Å²) in [4.78, 5) is 13.3. The fourth-order valence-electron chi connectivity index (χ4n) is 2.51. The lowest BCUT2D eigenvalue weighted by Gasteiger charge is -2.30. The second kappa shape index (κ2) is 5.74. The van der Waals surface area contributed by atoms with E-state index < -0.39 is 5.97 Å². The summed E-state index contributed by atoms with van der Waals surface area (Å²) in [7, 11) is 0. The SMILES string of the molecule is CC1CCCCCN1c1ccc(C(=O)O)cc1Br. The second-order valence-corrected chi connectivity index (χ2v) is 5.72. The van der Waals surface area contributed by atoms with E-state index in [9.17, 15) is 4.79 Å². The molecule has 4 heteroatoms. The molecule has 0 aromatic heterocycles. The minimum atomic E-state index is -0.883. The first kappa shape index (κ1) is 13.4. The zero-order chi connectivity index (χ0) is 13.1. The second-order valence-electron chi connectivity index (χ2n) is 4.86. The van der Waals surface area contributed by atoms with Crippen LogP contribution in [0.3, 0.4) is 0 Å². The van der Waals surface area contributed by atoms with E-state index in [0.29, 0.717) is 11.6 Å². The maximum Gasteiger partial charge on any atom is 0.335 e. The predicted molar refractivity (Wildman–Crippen MR) is 76.4 cm³/mol. The Balaban J connectivity index is 2.29. The van der Waals surface area contributed by atoms with E-state index in [-0.39, 0.29) is 0 Å². The third-order valence-corrected chi connectivity index (χ3v) is 4.19. The van der Waals surface area contributed by atoms with Gasteiger partial charge in [-0.3, -0.25) is 0 Å². The molecular weight excluding hydrogens is 294 g/mol. The van der Waals surface area contributed by atoms with Gasteiger partial charge in [0.05, 0.1) is 11.3 Å². The van der Waals surface area contributed by atoms with E-state index in [1.807, 2.05) is 6.07 Å². The first-order chi connectivity index (χ1) is 8.59. The lowest BCUT2D eigenvalue weighted by atomic mass is 10.1. The van der Waals surface area contributed by atoms with Crippen molar-refractivity contribution in [2.75, 3.05) is 11.4 Å². The molecule has 1 aliphatic rings. The van der Waals surface area contributed by atoms with Crippen molar-refractivity contribution in [2.45, 2.75) is 38.6 Å². The Kier molecular flexibility index (Phi) is 4.27. The molecule has 2 rings (SSSR count). The number of carboxylic acids is 1. The molecule has 0 aliphatic carbocycles. The van der Waals surface area contributed by atoms with Gasteiger partial charge in [-0.05, 0) is 53.9 Å². The van der Waals surface area contributed by atoms with Crippen molar-refractivity contribution in [3.63, 3.8) is 0 Å². The van der Waals surface area contributed by atoms with Crippen LogP contribution in [-0.4, -0.2) is 23.7 Å². The van der Waals surface area contributed by atoms with Crippen LogP contribution in [0.1, 0.15) is 43.0 Å². The standard InChI is InChI=1S/C14H18BrNO2/c1-10-5-3-2-4-8-16(10)13-7-6-11(14(17)18)9-12(13)15/h6-7,9-10H,2-5,8H2,1H3,(H,17,18). The van der Waals surface area contributed by atoms with Crippen molar-refractivity contribution in [3.05, 3.63) is 28.2 Å². The topological polar surface area (TPSA) is 40.5 Å². The normalized spacial score (nSPS) is 20.6. The number of aromatic carboxylic acids is 1. The van der Waals surface area contributed by atoms with E-state index in [2.05, 4.69) is 27.8 Å². The highest BCUT2D eigenvalue weighted by atomic mass is 79.9. The highest BCUT2D eigenvalue weighted by molar-refractivity contribution is 9.10. The molecular formula is C14H18BrNO2. The van der Waals surface area contributed by atoms with Gasteiger partial charge in [-0.1, -0.05) is 12.8 Å². The van der Waals surface area contributed by atoms with Gasteiger partial charge in [0.1, 0.15) is 0 Å². The van der Waals surface area contributed by atoms with Gasteiger partial charge in [0.2, 0.25) is 0 Å². The van der Waals surface area contributed by atoms with Crippen molar-refractivity contribution in [3.8, 4) is 0 Å². The zero-order valence-corrected chi connectivity index (χ0v) is 12.1. The van der Waals surface area contributed by atoms with Crippen LogP contribution in [0.4, 0.5) is 5.69 Å². The molecule has 0 radical (unpaired) electrons. The van der Waals surface area contributed by atoms with Crippen molar-refractivity contribution in [2.24, 2.45) is 0 Å². The van der Waals surface area contributed by atoms with Gasteiger partial charge < -0.3 is 10.0 Å². The third-order valence-electron chi connectivity index (χ3n) is 3.56. The van der Waals surface area contributed by atoms with Gasteiger partial charge in [-0.15, -0.1) is 0 Å². The molecule has 1 heterocycles. The van der Waals surface area contributed by atoms with Crippen LogP contribution in [0.2, 0.25) is 0 Å². The molecule has 0 spiro atoms. The van der Waals surface area contributed by atoms with Crippen molar-refractivity contribution in [1.82, 2.24) is 0 Å². The van der Waals surface area contributed by atoms with Crippen LogP contribution in [-0.2, 0) is 0 Å². The van der Waals surface area contributed by atoms with Crippen molar-refractivity contribution < 1.29 is 9.90 Å². The minimum Gasteiger partial charge on any atom is -0.478 e. The number of hydrogen-bond donors (Lipinski definition) is 1. The van der Waals surface area contributed by atoms with E-state index in [0.717, 1.165) is 16.7 Å². The molecule has 1 aromatic rings. The average molecular weight is 312 g/mol. The Morgan fingerprint density at radius 1 is 1.39 bits per heavy atom. The quantitative estimate of drug-likeness (QED) is 0.900. The van der Waals surface area contributed by atoms with Gasteiger partial charge in [0.15, 0.2) is 0 Å². The number of carbonyl (C=O) groups is 1. The lowest BCUT2D eigenvalue weighted by molar-refractivity contribution is 0.0697. The van der Waals surface area contributed by atoms with Gasteiger partial charge in [-0.2, -0.15) is 0 Å². The van der Waals surface area contributed by atoms with E-state index in [1.165, 1.54) is 25.7 Å². The number of carboxylic acid groups (broad SMARTS) is 1. The molecule has 1 atom stereocenters. The largest absolute Gasteiger partial charge is 0.478 e. The molecule has 0 saturated carbocycles. The molecule has 1 aromatic carbocycles. The number of rotatable bonds is 2. The minimum absolute atomic E-state index is 0.327. The van der Waals surface area contributed by atoms with E-state index in [1.54, 1.807) is 12.1 Å². The molecule has 1 fully saturated rings. The molecule has 1 aliphatic heterocycles. The Morgan fingerprint density at radius 2 is 2.17 bits per heavy atom. The maximum atomic E-state index is 10.9. The fourth-order valence-corrected chi connectivity index (χ4v) is 3.11. The van der Waals surface area contributed by atoms with E-state index >= 15 is 0 Å². The lowest BCUT2D eigenvalue weighted by Crippen LogP contribution is -2.32. The summed E-state index contributed by atoms with van der Waals surface area (Å²) in [6, 6.07) is 5.80. The first-order valence-electron chi connectivity index (χ1n) is 6.39. The van der Waals surface area contributed by atoms with Crippen molar-refractivity contribution >= 4 is 27.6 Å². The highest BCUT2D eigenvalue weighted by Gasteiger charge is 2.19. The fraction of sp³-hybridized carbons (Fsp3) is 0.500. The van der Waals surface area contributed by atoms with E-state index in [4.69, 9.17) is 5.11 Å². The molecule has 18 heavy (non-hydrogen) atoms. The monoisotopic (exact) mass is 311 g/mol. The summed E-state index contributed by atoms with van der Waals surface area (Å²) in [6.45, 7) is 3.29. The molecule has 0 amide bonds. The van der Waals surface area contributed by atoms with Crippen LogP contribution in [0.25, 0.3) is 0 Å². The Labute approximate surface area is 116 Å². The Hall–Kier alpha value is -1.03. The van der Waals surface area contributed by atoms with Crippen LogP contribution < -0.4 is 4.90 Å². The van der Waals surface area contributed by atoms with Crippen LogP contribution in [0.15, 0.2) is 22.7 Å². The summed E-state index contributed by atoms with van der Waals surface area (Å²) in [5.41, 5.74) is 1.43. The smallest absolute Gasteiger partial charge is 0.335 e.